The molecule has 0 saturated carbocycles. The summed E-state index contributed by atoms with van der Waals surface area (Å²) in [7, 11) is 0. The monoisotopic (exact) mass is 284 g/mol. The number of anilines is 2. The highest BCUT2D eigenvalue weighted by Crippen LogP contribution is 2.11. The molecule has 0 aliphatic carbocycles. The van der Waals surface area contributed by atoms with E-state index in [-0.39, 0.29) is 0 Å². The Bertz CT molecular complexity index is 549. The summed E-state index contributed by atoms with van der Waals surface area (Å²) in [6, 6.07) is 10.5. The zero-order chi connectivity index (χ0) is 15.1. The molecule has 0 radical (unpaired) electrons. The van der Waals surface area contributed by atoms with Gasteiger partial charge in [-0.15, -0.1) is 0 Å². The van der Waals surface area contributed by atoms with Crippen LogP contribution in [0.15, 0.2) is 36.7 Å². The summed E-state index contributed by atoms with van der Waals surface area (Å²) in [5, 5.41) is 6.66. The van der Waals surface area contributed by atoms with Crippen LogP contribution in [0.2, 0.25) is 0 Å². The minimum atomic E-state index is 0.693. The minimum absolute atomic E-state index is 0.693. The molecule has 0 amide bonds. The number of nitrogens with one attached hydrogen (secondary N) is 2. The van der Waals surface area contributed by atoms with Gasteiger partial charge in [-0.1, -0.05) is 43.7 Å². The van der Waals surface area contributed by atoms with Gasteiger partial charge in [0.1, 0.15) is 18.0 Å². The zero-order valence-electron chi connectivity index (χ0n) is 13.1. The van der Waals surface area contributed by atoms with Crippen molar-refractivity contribution in [3.63, 3.8) is 0 Å². The normalized spacial score (nSPS) is 10.7. The number of nitrogens with zero attached hydrogens (tertiary/aromatic N) is 2. The molecule has 2 aromatic rings. The Balaban J connectivity index is 1.87. The van der Waals surface area contributed by atoms with Gasteiger partial charge in [0.25, 0.3) is 0 Å². The van der Waals surface area contributed by atoms with Crippen LogP contribution in [-0.4, -0.2) is 16.5 Å². The van der Waals surface area contributed by atoms with Crippen LogP contribution in [0.25, 0.3) is 0 Å². The average molecular weight is 284 g/mol. The summed E-state index contributed by atoms with van der Waals surface area (Å²) in [5.41, 5.74) is 2.52. The van der Waals surface area contributed by atoms with Crippen molar-refractivity contribution in [1.29, 1.82) is 0 Å². The maximum absolute atomic E-state index is 4.25. The second-order valence-corrected chi connectivity index (χ2v) is 5.74. The average Bonchev–Trinajstić information content (AvgIpc) is 2.47. The lowest BCUT2D eigenvalue weighted by Crippen LogP contribution is -2.08. The van der Waals surface area contributed by atoms with E-state index in [2.05, 4.69) is 65.6 Å². The van der Waals surface area contributed by atoms with Crippen molar-refractivity contribution in [2.45, 2.75) is 33.7 Å². The first-order valence-electron chi connectivity index (χ1n) is 7.49. The van der Waals surface area contributed by atoms with Crippen molar-refractivity contribution < 1.29 is 0 Å². The Morgan fingerprint density at radius 3 is 2.33 bits per heavy atom. The molecule has 1 heterocycles. The molecule has 0 aliphatic heterocycles. The summed E-state index contributed by atoms with van der Waals surface area (Å²) in [6.07, 6.45) is 2.73. The maximum Gasteiger partial charge on any atom is 0.131 e. The van der Waals surface area contributed by atoms with Crippen LogP contribution < -0.4 is 10.6 Å². The predicted molar refractivity (Wildman–Crippen MR) is 88.5 cm³/mol. The van der Waals surface area contributed by atoms with Crippen LogP contribution in [0.5, 0.6) is 0 Å². The summed E-state index contributed by atoms with van der Waals surface area (Å²) < 4.78 is 0. The molecule has 4 nitrogen and oxygen atoms in total. The van der Waals surface area contributed by atoms with Crippen LogP contribution in [0.1, 0.15) is 31.4 Å². The first-order valence-corrected chi connectivity index (χ1v) is 7.49. The maximum atomic E-state index is 4.25. The molecule has 0 spiro atoms. The Hall–Kier alpha value is -2.10. The molecule has 112 valence electrons. The van der Waals surface area contributed by atoms with Gasteiger partial charge in [0.05, 0.1) is 0 Å². The molecule has 2 N–H and O–H groups in total. The minimum Gasteiger partial charge on any atom is -0.370 e. The van der Waals surface area contributed by atoms with E-state index in [1.54, 1.807) is 6.33 Å². The van der Waals surface area contributed by atoms with E-state index in [1.165, 1.54) is 11.1 Å². The first-order chi connectivity index (χ1) is 10.1. The Morgan fingerprint density at radius 2 is 1.67 bits per heavy atom. The molecule has 2 rings (SSSR count). The van der Waals surface area contributed by atoms with E-state index in [0.717, 1.165) is 31.1 Å². The van der Waals surface area contributed by atoms with Crippen LogP contribution >= 0.6 is 0 Å². The Labute approximate surface area is 127 Å². The highest BCUT2D eigenvalue weighted by Gasteiger charge is 2.00. The van der Waals surface area contributed by atoms with E-state index in [4.69, 9.17) is 0 Å². The predicted octanol–water partition coefficient (Wildman–Crippen LogP) is 3.86. The van der Waals surface area contributed by atoms with Crippen LogP contribution in [0, 0.1) is 12.8 Å². The molecule has 4 heteroatoms. The van der Waals surface area contributed by atoms with Gasteiger partial charge >= 0.3 is 0 Å². The molecular formula is C17H24N4. The summed E-state index contributed by atoms with van der Waals surface area (Å²) >= 11 is 0. The smallest absolute Gasteiger partial charge is 0.131 e. The fourth-order valence-corrected chi connectivity index (χ4v) is 1.94. The third-order valence-corrected chi connectivity index (χ3v) is 3.29. The molecule has 0 aliphatic rings. The molecule has 1 aromatic carbocycles. The fraction of sp³-hybridized carbons (Fsp3) is 0.412. The van der Waals surface area contributed by atoms with Gasteiger partial charge in [-0.25, -0.2) is 9.97 Å². The van der Waals surface area contributed by atoms with E-state index in [0.29, 0.717) is 5.92 Å². The fourth-order valence-electron chi connectivity index (χ4n) is 1.94. The van der Waals surface area contributed by atoms with Gasteiger partial charge in [0.2, 0.25) is 0 Å². The van der Waals surface area contributed by atoms with Crippen LogP contribution in [0.3, 0.4) is 0 Å². The van der Waals surface area contributed by atoms with E-state index < -0.39 is 0 Å². The molecule has 0 atom stereocenters. The van der Waals surface area contributed by atoms with Crippen molar-refractivity contribution in [2.75, 3.05) is 17.2 Å². The largest absolute Gasteiger partial charge is 0.370 e. The number of aryl methyl sites for hydroxylation is 1. The molecule has 0 fully saturated rings. The zero-order valence-corrected chi connectivity index (χ0v) is 13.1. The second kappa shape index (κ2) is 7.62. The van der Waals surface area contributed by atoms with Gasteiger partial charge in [0, 0.05) is 19.2 Å². The van der Waals surface area contributed by atoms with Crippen molar-refractivity contribution in [3.8, 4) is 0 Å². The quantitative estimate of drug-likeness (QED) is 0.810. The van der Waals surface area contributed by atoms with Crippen molar-refractivity contribution in [1.82, 2.24) is 9.97 Å². The lowest BCUT2D eigenvalue weighted by molar-refractivity contribution is 0.606. The van der Waals surface area contributed by atoms with Gasteiger partial charge in [-0.3, -0.25) is 0 Å². The Morgan fingerprint density at radius 1 is 1.00 bits per heavy atom. The third-order valence-electron chi connectivity index (χ3n) is 3.29. The van der Waals surface area contributed by atoms with E-state index in [1.807, 2.05) is 6.07 Å². The number of hydrogen-bond donors (Lipinski definition) is 2. The molecule has 0 unspecified atom stereocenters. The van der Waals surface area contributed by atoms with Crippen molar-refractivity contribution in [3.05, 3.63) is 47.8 Å². The highest BCUT2D eigenvalue weighted by atomic mass is 15.1. The topological polar surface area (TPSA) is 49.8 Å². The number of rotatable bonds is 7. The van der Waals surface area contributed by atoms with Crippen molar-refractivity contribution >= 4 is 11.6 Å². The lowest BCUT2D eigenvalue weighted by atomic mass is 10.1. The summed E-state index contributed by atoms with van der Waals surface area (Å²) in [4.78, 5) is 8.49. The summed E-state index contributed by atoms with van der Waals surface area (Å²) in [5.74, 6) is 2.41. The number of aromatic nitrogens is 2. The SMILES string of the molecule is Cc1ccc(CNc2cc(NCCC(C)C)ncn2)cc1. The van der Waals surface area contributed by atoms with Gasteiger partial charge in [-0.2, -0.15) is 0 Å². The van der Waals surface area contributed by atoms with Crippen LogP contribution in [0.4, 0.5) is 11.6 Å². The van der Waals surface area contributed by atoms with Gasteiger partial charge in [0.15, 0.2) is 0 Å². The number of hydrogen-bond acceptors (Lipinski definition) is 4. The molecule has 0 saturated heterocycles. The van der Waals surface area contributed by atoms with Crippen molar-refractivity contribution in [2.24, 2.45) is 5.92 Å². The van der Waals surface area contributed by atoms with E-state index in [9.17, 15) is 0 Å². The highest BCUT2D eigenvalue weighted by molar-refractivity contribution is 5.46. The molecule has 0 bridgehead atoms. The molecule has 21 heavy (non-hydrogen) atoms. The molecule has 1 aromatic heterocycles. The number of benzene rings is 1. The third kappa shape index (κ3) is 5.42. The Kier molecular flexibility index (Phi) is 5.55. The van der Waals surface area contributed by atoms with Crippen LogP contribution in [-0.2, 0) is 6.54 Å². The van der Waals surface area contributed by atoms with Gasteiger partial charge < -0.3 is 10.6 Å². The lowest BCUT2D eigenvalue weighted by Gasteiger charge is -2.10. The standard InChI is InChI=1S/C17H24N4/c1-13(2)8-9-18-16-10-17(21-12-20-16)19-11-15-6-4-14(3)5-7-15/h4-7,10,12-13H,8-9,11H2,1-3H3,(H2,18,19,20,21). The second-order valence-electron chi connectivity index (χ2n) is 5.74. The molecular weight excluding hydrogens is 260 g/mol. The summed E-state index contributed by atoms with van der Waals surface area (Å²) in [6.45, 7) is 8.23. The van der Waals surface area contributed by atoms with E-state index >= 15 is 0 Å². The first kappa shape index (κ1) is 15.3. The van der Waals surface area contributed by atoms with Gasteiger partial charge in [-0.05, 0) is 24.8 Å².